The van der Waals surface area contributed by atoms with Crippen molar-refractivity contribution in [2.75, 3.05) is 6.61 Å². The topological polar surface area (TPSA) is 44.8 Å². The largest absolute Gasteiger partial charge is 0.458 e. The zero-order valence-electron chi connectivity index (χ0n) is 34.3. The molecule has 0 amide bonds. The van der Waals surface area contributed by atoms with Gasteiger partial charge in [-0.1, -0.05) is 178 Å². The number of hydrogen-bond acceptors (Lipinski definition) is 4. The van der Waals surface area contributed by atoms with Crippen molar-refractivity contribution in [3.63, 3.8) is 0 Å². The van der Waals surface area contributed by atoms with Crippen LogP contribution in [-0.2, 0) is 18.4 Å². The molecule has 0 saturated heterocycles. The van der Waals surface area contributed by atoms with Gasteiger partial charge in [0.1, 0.15) is 6.10 Å². The molecule has 0 spiro atoms. The molecule has 0 saturated carbocycles. The molecule has 2 atom stereocenters. The Bertz CT molecular complexity index is 1450. The van der Waals surface area contributed by atoms with Gasteiger partial charge in [0.2, 0.25) is 0 Å². The lowest BCUT2D eigenvalue weighted by molar-refractivity contribution is -0.147. The summed E-state index contributed by atoms with van der Waals surface area (Å²) >= 11 is 0. The Morgan fingerprint density at radius 2 is 1.29 bits per heavy atom. The van der Waals surface area contributed by atoms with Gasteiger partial charge < -0.3 is 13.6 Å². The Labute approximate surface area is 320 Å². The van der Waals surface area contributed by atoms with Crippen molar-refractivity contribution >= 4 is 39.1 Å². The van der Waals surface area contributed by atoms with Gasteiger partial charge in [-0.15, -0.1) is 0 Å². The van der Waals surface area contributed by atoms with E-state index >= 15 is 0 Å². The van der Waals surface area contributed by atoms with Gasteiger partial charge in [-0.05, 0) is 76.4 Å². The predicted octanol–water partition coefficient (Wildman–Crippen LogP) is 12.2. The maximum atomic E-state index is 12.2. The van der Waals surface area contributed by atoms with Crippen molar-refractivity contribution in [3.05, 3.63) is 102 Å². The predicted molar refractivity (Wildman–Crippen MR) is 227 cm³/mol. The highest BCUT2D eigenvalue weighted by Crippen LogP contribution is 2.39. The lowest BCUT2D eigenvalue weighted by Gasteiger charge is -2.45. The van der Waals surface area contributed by atoms with Crippen molar-refractivity contribution in [2.45, 2.75) is 155 Å². The van der Waals surface area contributed by atoms with Crippen molar-refractivity contribution in [3.8, 4) is 0 Å². The highest BCUT2D eigenvalue weighted by atomic mass is 28.4. The molecule has 0 aliphatic heterocycles. The van der Waals surface area contributed by atoms with Crippen LogP contribution in [0.4, 0.5) is 0 Å². The van der Waals surface area contributed by atoms with Crippen LogP contribution in [0.15, 0.2) is 91.0 Å². The van der Waals surface area contributed by atoms with Crippen LogP contribution in [0.25, 0.3) is 6.08 Å². The van der Waals surface area contributed by atoms with Crippen LogP contribution in [0.2, 0.25) is 23.2 Å². The van der Waals surface area contributed by atoms with Crippen LogP contribution >= 0.6 is 0 Å². The number of benzene rings is 3. The van der Waals surface area contributed by atoms with E-state index in [1.165, 1.54) is 49.4 Å². The summed E-state index contributed by atoms with van der Waals surface area (Å²) in [5, 5.41) is 2.70. The van der Waals surface area contributed by atoms with Gasteiger partial charge in [0.25, 0.3) is 8.32 Å². The molecule has 6 heteroatoms. The SMILES string of the molecule is CCCCCCCCC(/C=C/c1cccc(C(CCCCO[Si](C)(C)C(C)(C)C)OC(C)=O)c1)O[Si](c1ccccc1)(c1ccccc1)C(C)(C)C. The molecule has 0 aromatic heterocycles. The molecule has 3 aromatic rings. The van der Waals surface area contributed by atoms with Crippen molar-refractivity contribution in [1.82, 2.24) is 0 Å². The van der Waals surface area contributed by atoms with E-state index in [1.54, 1.807) is 0 Å². The Morgan fingerprint density at radius 1 is 0.712 bits per heavy atom. The lowest BCUT2D eigenvalue weighted by Crippen LogP contribution is -2.67. The summed E-state index contributed by atoms with van der Waals surface area (Å²) < 4.78 is 20.0. The third kappa shape index (κ3) is 13.0. The Balaban J connectivity index is 1.89. The highest BCUT2D eigenvalue weighted by molar-refractivity contribution is 6.99. The molecule has 0 radical (unpaired) electrons. The van der Waals surface area contributed by atoms with Crippen LogP contribution in [0.1, 0.15) is 137 Å². The van der Waals surface area contributed by atoms with Crippen molar-refractivity contribution in [1.29, 1.82) is 0 Å². The van der Waals surface area contributed by atoms with Crippen molar-refractivity contribution in [2.24, 2.45) is 0 Å². The molecule has 3 aromatic carbocycles. The van der Waals surface area contributed by atoms with Gasteiger partial charge in [-0.3, -0.25) is 4.79 Å². The zero-order chi connectivity index (χ0) is 38.3. The van der Waals surface area contributed by atoms with Crippen LogP contribution in [0.5, 0.6) is 0 Å². The quantitative estimate of drug-likeness (QED) is 0.0619. The van der Waals surface area contributed by atoms with Gasteiger partial charge in [0.15, 0.2) is 8.32 Å². The van der Waals surface area contributed by atoms with E-state index in [2.05, 4.69) is 159 Å². The molecule has 0 N–H and O–H groups in total. The summed E-state index contributed by atoms with van der Waals surface area (Å²) in [5.74, 6) is -0.249. The molecule has 0 aliphatic carbocycles. The summed E-state index contributed by atoms with van der Waals surface area (Å²) in [6.45, 7) is 23.0. The first-order valence-corrected chi connectivity index (χ1v) is 24.8. The number of carbonyl (C=O) groups excluding carboxylic acids is 1. The molecule has 2 unspecified atom stereocenters. The first-order valence-electron chi connectivity index (χ1n) is 20.0. The molecule has 4 nitrogen and oxygen atoms in total. The minimum Gasteiger partial charge on any atom is -0.458 e. The molecule has 0 fully saturated rings. The molecule has 0 aliphatic rings. The first-order chi connectivity index (χ1) is 24.6. The normalized spacial score (nSPS) is 14.0. The zero-order valence-corrected chi connectivity index (χ0v) is 36.3. The summed E-state index contributed by atoms with van der Waals surface area (Å²) in [6, 6.07) is 30.4. The lowest BCUT2D eigenvalue weighted by atomic mass is 10.0. The number of hydrogen-bond donors (Lipinski definition) is 0. The third-order valence-electron chi connectivity index (χ3n) is 10.8. The van der Waals surface area contributed by atoms with Gasteiger partial charge in [-0.25, -0.2) is 0 Å². The van der Waals surface area contributed by atoms with E-state index < -0.39 is 16.6 Å². The van der Waals surface area contributed by atoms with Crippen LogP contribution < -0.4 is 10.4 Å². The van der Waals surface area contributed by atoms with Gasteiger partial charge in [-0.2, -0.15) is 0 Å². The average Bonchev–Trinajstić information content (AvgIpc) is 3.09. The number of carbonyl (C=O) groups is 1. The molecule has 52 heavy (non-hydrogen) atoms. The van der Waals surface area contributed by atoms with Crippen LogP contribution in [-0.4, -0.2) is 35.3 Å². The van der Waals surface area contributed by atoms with Crippen LogP contribution in [0.3, 0.4) is 0 Å². The maximum absolute atomic E-state index is 12.2. The number of ether oxygens (including phenoxy) is 1. The standard InChI is InChI=1S/C46H70O4Si2/c1-11-12-13-14-15-18-28-41(50-52(46(6,7)8,42-29-19-16-20-30-42)43-31-21-17-22-32-43)35-34-39-26-25-27-40(37-39)44(49-38(2)47)33-23-24-36-48-51(9,10)45(3,4)5/h16-17,19-22,25-27,29-32,34-35,37,41,44H,11-15,18,23-24,28,33,36H2,1-10H3/b35-34+. The van der Waals surface area contributed by atoms with E-state index in [0.29, 0.717) is 0 Å². The van der Waals surface area contributed by atoms with Gasteiger partial charge >= 0.3 is 5.97 Å². The fourth-order valence-corrected chi connectivity index (χ4v) is 12.5. The number of esters is 1. The smallest absolute Gasteiger partial charge is 0.303 e. The Kier molecular flexibility index (Phi) is 17.3. The highest BCUT2D eigenvalue weighted by Gasteiger charge is 2.51. The molecular weight excluding hydrogens is 673 g/mol. The second kappa shape index (κ2) is 20.6. The van der Waals surface area contributed by atoms with Gasteiger partial charge in [0.05, 0.1) is 6.10 Å². The number of rotatable bonds is 21. The molecular formula is C46H70O4Si2. The minimum atomic E-state index is -2.74. The minimum absolute atomic E-state index is 0.0497. The van der Waals surface area contributed by atoms with E-state index in [9.17, 15) is 4.79 Å². The average molecular weight is 743 g/mol. The Morgan fingerprint density at radius 3 is 1.85 bits per heavy atom. The van der Waals surface area contributed by atoms with Crippen molar-refractivity contribution < 1.29 is 18.4 Å². The van der Waals surface area contributed by atoms with E-state index in [1.807, 2.05) is 0 Å². The second-order valence-corrected chi connectivity index (χ2v) is 26.2. The van der Waals surface area contributed by atoms with E-state index in [-0.39, 0.29) is 28.3 Å². The molecule has 286 valence electrons. The summed E-state index contributed by atoms with van der Waals surface area (Å²) in [7, 11) is -4.52. The molecule has 3 rings (SSSR count). The fourth-order valence-electron chi connectivity index (χ4n) is 6.79. The fraction of sp³-hybridized carbons (Fsp3) is 0.543. The Hall–Kier alpha value is -2.78. The third-order valence-corrected chi connectivity index (χ3v) is 20.4. The first kappa shape index (κ1) is 43.6. The summed E-state index contributed by atoms with van der Waals surface area (Å²) in [6.07, 6.45) is 15.3. The monoisotopic (exact) mass is 742 g/mol. The van der Waals surface area contributed by atoms with Gasteiger partial charge in [0, 0.05) is 13.5 Å². The second-order valence-electron chi connectivity index (χ2n) is 17.1. The number of unbranched alkanes of at least 4 members (excludes halogenated alkanes) is 6. The summed E-state index contributed by atoms with van der Waals surface area (Å²) in [4.78, 5) is 12.2. The summed E-state index contributed by atoms with van der Waals surface area (Å²) in [5.41, 5.74) is 2.12. The maximum Gasteiger partial charge on any atom is 0.303 e. The van der Waals surface area contributed by atoms with Crippen LogP contribution in [0, 0.1) is 0 Å². The molecule has 0 bridgehead atoms. The van der Waals surface area contributed by atoms with E-state index in [4.69, 9.17) is 13.6 Å². The van der Waals surface area contributed by atoms with E-state index in [0.717, 1.165) is 49.8 Å². The molecule has 0 heterocycles.